The summed E-state index contributed by atoms with van der Waals surface area (Å²) in [7, 11) is 4.65. The van der Waals surface area contributed by atoms with Gasteiger partial charge in [-0.1, -0.05) is 11.6 Å². The third-order valence-electron chi connectivity index (χ3n) is 4.53. The van der Waals surface area contributed by atoms with E-state index in [0.717, 1.165) is 11.1 Å². The van der Waals surface area contributed by atoms with Crippen molar-refractivity contribution in [3.05, 3.63) is 40.4 Å². The maximum Gasteiger partial charge on any atom is 0.225 e. The average Bonchev–Trinajstić information content (AvgIpc) is 2.67. The Morgan fingerprint density at radius 2 is 1.81 bits per heavy atom. The molecule has 144 valence electrons. The summed E-state index contributed by atoms with van der Waals surface area (Å²) in [4.78, 5) is 12.4. The van der Waals surface area contributed by atoms with E-state index >= 15 is 0 Å². The van der Waals surface area contributed by atoms with Crippen molar-refractivity contribution in [3.8, 4) is 23.0 Å². The van der Waals surface area contributed by atoms with Crippen molar-refractivity contribution in [1.82, 2.24) is 0 Å². The fourth-order valence-electron chi connectivity index (χ4n) is 3.46. The van der Waals surface area contributed by atoms with Crippen LogP contribution < -0.4 is 24.3 Å². The predicted molar refractivity (Wildman–Crippen MR) is 104 cm³/mol. The number of methoxy groups -OCH3 is 3. The number of hydrogen-bond acceptors (Lipinski definition) is 5. The highest BCUT2D eigenvalue weighted by Gasteiger charge is 2.35. The summed E-state index contributed by atoms with van der Waals surface area (Å²) in [6.07, 6.45) is 0.235. The molecule has 1 atom stereocenters. The SMILES string of the molecule is CCOc1ccc(Cl)cc1[C@H]1CC(=O)Nc2cc(OC)c(OC)c(OC)c21. The molecule has 7 heteroatoms. The van der Waals surface area contributed by atoms with Gasteiger partial charge in [0.2, 0.25) is 11.7 Å². The maximum atomic E-state index is 12.4. The van der Waals surface area contributed by atoms with Crippen molar-refractivity contribution in [3.63, 3.8) is 0 Å². The van der Waals surface area contributed by atoms with E-state index < -0.39 is 0 Å². The third-order valence-corrected chi connectivity index (χ3v) is 4.76. The number of carbonyl (C=O) groups excluding carboxylic acids is 1. The van der Waals surface area contributed by atoms with Gasteiger partial charge in [0.25, 0.3) is 0 Å². The van der Waals surface area contributed by atoms with Gasteiger partial charge in [0.15, 0.2) is 11.5 Å². The molecule has 0 fully saturated rings. The summed E-state index contributed by atoms with van der Waals surface area (Å²) in [6, 6.07) is 7.16. The Kier molecular flexibility index (Phi) is 5.65. The number of rotatable bonds is 6. The van der Waals surface area contributed by atoms with Crippen LogP contribution in [0.3, 0.4) is 0 Å². The summed E-state index contributed by atoms with van der Waals surface area (Å²) < 4.78 is 22.4. The van der Waals surface area contributed by atoms with E-state index in [9.17, 15) is 4.79 Å². The van der Waals surface area contributed by atoms with Crippen LogP contribution in [0, 0.1) is 0 Å². The zero-order valence-electron chi connectivity index (χ0n) is 15.7. The van der Waals surface area contributed by atoms with Gasteiger partial charge in [-0.25, -0.2) is 0 Å². The van der Waals surface area contributed by atoms with Crippen LogP contribution in [-0.2, 0) is 4.79 Å². The molecule has 1 amide bonds. The van der Waals surface area contributed by atoms with Crippen LogP contribution in [-0.4, -0.2) is 33.8 Å². The number of carbonyl (C=O) groups is 1. The molecule has 2 aromatic carbocycles. The maximum absolute atomic E-state index is 12.4. The second-order valence-corrected chi connectivity index (χ2v) is 6.46. The second-order valence-electron chi connectivity index (χ2n) is 6.03. The molecule has 1 heterocycles. The topological polar surface area (TPSA) is 66.0 Å². The summed E-state index contributed by atoms with van der Waals surface area (Å²) >= 11 is 6.25. The summed E-state index contributed by atoms with van der Waals surface area (Å²) in [5.74, 6) is 1.74. The number of nitrogens with one attached hydrogen (secondary N) is 1. The molecule has 0 saturated carbocycles. The lowest BCUT2D eigenvalue weighted by Gasteiger charge is -2.30. The molecule has 0 bridgehead atoms. The van der Waals surface area contributed by atoms with Crippen molar-refractivity contribution in [2.75, 3.05) is 33.3 Å². The predicted octanol–water partition coefficient (Wildman–Crippen LogP) is 4.24. The molecule has 1 aliphatic heterocycles. The summed E-state index contributed by atoms with van der Waals surface area (Å²) in [5, 5.41) is 3.47. The third kappa shape index (κ3) is 3.49. The van der Waals surface area contributed by atoms with E-state index in [1.807, 2.05) is 19.1 Å². The first-order valence-electron chi connectivity index (χ1n) is 8.58. The lowest BCUT2D eigenvalue weighted by Crippen LogP contribution is -2.25. The molecular weight excluding hydrogens is 370 g/mol. The van der Waals surface area contributed by atoms with Crippen LogP contribution in [0.5, 0.6) is 23.0 Å². The average molecular weight is 392 g/mol. The zero-order chi connectivity index (χ0) is 19.6. The number of halogens is 1. The van der Waals surface area contributed by atoms with Gasteiger partial charge in [-0.3, -0.25) is 4.79 Å². The van der Waals surface area contributed by atoms with E-state index in [1.54, 1.807) is 26.4 Å². The molecule has 1 aliphatic rings. The first-order valence-corrected chi connectivity index (χ1v) is 8.96. The van der Waals surface area contributed by atoms with Crippen LogP contribution in [0.2, 0.25) is 5.02 Å². The van der Waals surface area contributed by atoms with Gasteiger partial charge in [0.05, 0.1) is 33.6 Å². The number of amides is 1. The fraction of sp³-hybridized carbons (Fsp3) is 0.350. The lowest BCUT2D eigenvalue weighted by atomic mass is 9.83. The van der Waals surface area contributed by atoms with Crippen LogP contribution >= 0.6 is 11.6 Å². The van der Waals surface area contributed by atoms with Gasteiger partial charge >= 0.3 is 0 Å². The van der Waals surface area contributed by atoms with E-state index in [1.165, 1.54) is 7.11 Å². The van der Waals surface area contributed by atoms with Gasteiger partial charge in [0.1, 0.15) is 5.75 Å². The smallest absolute Gasteiger partial charge is 0.225 e. The van der Waals surface area contributed by atoms with Gasteiger partial charge in [-0.15, -0.1) is 0 Å². The number of ether oxygens (including phenoxy) is 4. The Morgan fingerprint density at radius 1 is 1.07 bits per heavy atom. The van der Waals surface area contributed by atoms with Gasteiger partial charge in [-0.2, -0.15) is 0 Å². The fourth-order valence-corrected chi connectivity index (χ4v) is 3.64. The Bertz CT molecular complexity index is 868. The molecule has 0 saturated heterocycles. The number of benzene rings is 2. The quantitative estimate of drug-likeness (QED) is 0.797. The van der Waals surface area contributed by atoms with Crippen LogP contribution in [0.25, 0.3) is 0 Å². The van der Waals surface area contributed by atoms with E-state index in [2.05, 4.69) is 5.32 Å². The van der Waals surface area contributed by atoms with Crippen LogP contribution in [0.1, 0.15) is 30.4 Å². The highest BCUT2D eigenvalue weighted by Crippen LogP contribution is 2.52. The van der Waals surface area contributed by atoms with Gasteiger partial charge in [0, 0.05) is 34.6 Å². The van der Waals surface area contributed by atoms with E-state index in [-0.39, 0.29) is 18.2 Å². The van der Waals surface area contributed by atoms with Crippen molar-refractivity contribution < 1.29 is 23.7 Å². The highest BCUT2D eigenvalue weighted by molar-refractivity contribution is 6.30. The lowest BCUT2D eigenvalue weighted by molar-refractivity contribution is -0.116. The van der Waals surface area contributed by atoms with Crippen molar-refractivity contribution in [2.45, 2.75) is 19.3 Å². The molecule has 0 aliphatic carbocycles. The molecule has 1 N–H and O–H groups in total. The number of fused-ring (bicyclic) bond motifs is 1. The molecule has 0 unspecified atom stereocenters. The standard InChI is InChI=1S/C20H22ClNO5/c1-5-27-15-7-6-11(21)8-12(15)13-9-17(23)22-14-10-16(24-2)19(25-3)20(26-4)18(13)14/h6-8,10,13H,5,9H2,1-4H3,(H,22,23)/t13-/m1/s1. The molecule has 27 heavy (non-hydrogen) atoms. The van der Waals surface area contributed by atoms with Crippen LogP contribution in [0.4, 0.5) is 5.69 Å². The van der Waals surface area contributed by atoms with E-state index in [4.69, 9.17) is 30.5 Å². The minimum Gasteiger partial charge on any atom is -0.494 e. The normalized spacial score (nSPS) is 15.6. The second kappa shape index (κ2) is 7.96. The Hall–Kier alpha value is -2.60. The molecule has 0 radical (unpaired) electrons. The number of hydrogen-bond donors (Lipinski definition) is 1. The van der Waals surface area contributed by atoms with Crippen molar-refractivity contribution in [1.29, 1.82) is 0 Å². The largest absolute Gasteiger partial charge is 0.494 e. The van der Waals surface area contributed by atoms with E-state index in [0.29, 0.717) is 40.3 Å². The Labute approximate surface area is 163 Å². The molecule has 6 nitrogen and oxygen atoms in total. The minimum atomic E-state index is -0.302. The Balaban J connectivity index is 2.28. The molecule has 0 spiro atoms. The van der Waals surface area contributed by atoms with Crippen LogP contribution in [0.15, 0.2) is 24.3 Å². The number of anilines is 1. The molecule has 2 aromatic rings. The van der Waals surface area contributed by atoms with Gasteiger partial charge < -0.3 is 24.3 Å². The first kappa shape index (κ1) is 19.2. The minimum absolute atomic E-state index is 0.107. The molecular formula is C20H22ClNO5. The molecule has 3 rings (SSSR count). The first-order chi connectivity index (χ1) is 13.0. The van der Waals surface area contributed by atoms with Crippen molar-refractivity contribution >= 4 is 23.2 Å². The summed E-state index contributed by atoms with van der Waals surface area (Å²) in [5.41, 5.74) is 2.25. The zero-order valence-corrected chi connectivity index (χ0v) is 16.5. The summed E-state index contributed by atoms with van der Waals surface area (Å²) in [6.45, 7) is 2.41. The van der Waals surface area contributed by atoms with Gasteiger partial charge in [-0.05, 0) is 25.1 Å². The van der Waals surface area contributed by atoms with Crippen molar-refractivity contribution in [2.24, 2.45) is 0 Å². The highest BCUT2D eigenvalue weighted by atomic mass is 35.5. The monoisotopic (exact) mass is 391 g/mol. The Morgan fingerprint density at radius 3 is 2.44 bits per heavy atom. The molecule has 0 aromatic heterocycles.